The Kier molecular flexibility index (Phi) is 7.61. The van der Waals surface area contributed by atoms with Gasteiger partial charge in [0.1, 0.15) is 42.4 Å². The normalized spacial score (nSPS) is 30.8. The van der Waals surface area contributed by atoms with Gasteiger partial charge in [0, 0.05) is 7.11 Å². The molecule has 4 aromatic rings. The molecule has 6 heterocycles. The summed E-state index contributed by atoms with van der Waals surface area (Å²) in [6, 6.07) is 0. The number of hydrogen-bond acceptors (Lipinski definition) is 16. The summed E-state index contributed by atoms with van der Waals surface area (Å²) < 4.78 is 57.2. The van der Waals surface area contributed by atoms with Crippen LogP contribution in [-0.2, 0) is 27.8 Å². The Bertz CT molecular complexity index is 1750. The number of ether oxygens (including phenoxy) is 3. The highest BCUT2D eigenvalue weighted by atomic mass is 31.2. The monoisotopic (exact) mass is 628 g/mol. The van der Waals surface area contributed by atoms with Crippen molar-refractivity contribution in [2.24, 2.45) is 0 Å². The van der Waals surface area contributed by atoms with Crippen molar-refractivity contribution in [1.29, 1.82) is 0 Å². The van der Waals surface area contributed by atoms with Crippen molar-refractivity contribution in [2.45, 2.75) is 49.1 Å². The largest absolute Gasteiger partial charge is 0.472 e. The number of phosphoric acid groups is 1. The first-order valence-corrected chi connectivity index (χ1v) is 14.1. The number of phosphoric ester groups is 1. The number of methoxy groups -OCH3 is 1. The van der Waals surface area contributed by atoms with E-state index >= 15 is 4.39 Å². The quantitative estimate of drug-likeness (QED) is 0.111. The lowest BCUT2D eigenvalue weighted by molar-refractivity contribution is -0.0615. The summed E-state index contributed by atoms with van der Waals surface area (Å²) in [4.78, 5) is 44.8. The number of aromatic nitrogens is 8. The average molecular weight is 628 g/mol. The van der Waals surface area contributed by atoms with Gasteiger partial charge in [-0.25, -0.2) is 28.9 Å². The Morgan fingerprint density at radius 1 is 1.02 bits per heavy atom. The molecule has 0 bridgehead atoms. The van der Waals surface area contributed by atoms with E-state index in [0.29, 0.717) is 0 Å². The van der Waals surface area contributed by atoms with Gasteiger partial charge in [-0.3, -0.25) is 28.0 Å². The summed E-state index contributed by atoms with van der Waals surface area (Å²) >= 11 is 0. The van der Waals surface area contributed by atoms with E-state index in [4.69, 9.17) is 34.7 Å². The zero-order valence-corrected chi connectivity index (χ0v) is 23.0. The molecule has 22 heteroatoms. The van der Waals surface area contributed by atoms with E-state index in [1.165, 1.54) is 28.9 Å². The molecule has 2 aliphatic heterocycles. The Morgan fingerprint density at radius 3 is 2.47 bits per heavy atom. The molecule has 0 saturated carbocycles. The molecule has 2 aliphatic rings. The van der Waals surface area contributed by atoms with Crippen LogP contribution >= 0.6 is 7.82 Å². The van der Waals surface area contributed by atoms with Gasteiger partial charge in [-0.1, -0.05) is 0 Å². The molecule has 0 radical (unpaired) electrons. The maximum absolute atomic E-state index is 15.1. The van der Waals surface area contributed by atoms with Crippen LogP contribution in [0.1, 0.15) is 12.5 Å². The number of nitrogens with two attached hydrogens (primary N) is 2. The highest BCUT2D eigenvalue weighted by Gasteiger charge is 2.51. The van der Waals surface area contributed by atoms with Crippen LogP contribution in [0.3, 0.4) is 0 Å². The van der Waals surface area contributed by atoms with Crippen LogP contribution in [0.5, 0.6) is 0 Å². The van der Waals surface area contributed by atoms with Crippen molar-refractivity contribution < 1.29 is 47.3 Å². The summed E-state index contributed by atoms with van der Waals surface area (Å²) in [7, 11) is -3.68. The standard InChI is InChI=1S/C21H26FN10O10P/c1-38-2-8-14(13(34)20(41-8)32-6-28-11-17(32)29-21(24)30-18(11)35)42-43(36,37)39-3-7-12(33)9(22)19(40-7)31-5-27-10-15(23)25-4-26-16(10)31/h4-9,12-14,19-20,33-34H,2-3H2,1H3,(H,36,37)(H2,23,25,26)(H3,24,29,30,35)/t7-,8-,9?,12?,13?,14+,19-,20-/m1/s1. The van der Waals surface area contributed by atoms with Crippen LogP contribution in [0.2, 0.25) is 0 Å². The molecule has 2 fully saturated rings. The van der Waals surface area contributed by atoms with Gasteiger partial charge in [-0.2, -0.15) is 4.98 Å². The third-order valence-corrected chi connectivity index (χ3v) is 7.96. The van der Waals surface area contributed by atoms with E-state index in [9.17, 15) is 24.5 Å². The zero-order valence-electron chi connectivity index (χ0n) is 22.1. The molecule has 6 rings (SSSR count). The van der Waals surface area contributed by atoms with E-state index in [0.717, 1.165) is 6.33 Å². The second-order valence-corrected chi connectivity index (χ2v) is 11.1. The number of hydrogen-bond donors (Lipinski definition) is 6. The number of aromatic amines is 1. The molecule has 2 saturated heterocycles. The molecule has 20 nitrogen and oxygen atoms in total. The van der Waals surface area contributed by atoms with Crippen LogP contribution in [0.25, 0.3) is 22.3 Å². The lowest BCUT2D eigenvalue weighted by Crippen LogP contribution is -2.36. The molecule has 4 aromatic heterocycles. The number of fused-ring (bicyclic) bond motifs is 2. The number of nitrogens with zero attached hydrogens (tertiary/aromatic N) is 7. The fourth-order valence-electron chi connectivity index (χ4n) is 4.98. The molecule has 0 spiro atoms. The van der Waals surface area contributed by atoms with Crippen molar-refractivity contribution >= 4 is 41.9 Å². The smallest absolute Gasteiger partial charge is 0.387 e. The van der Waals surface area contributed by atoms with Crippen molar-refractivity contribution in [3.63, 3.8) is 0 Å². The molecule has 8 N–H and O–H groups in total. The van der Waals surface area contributed by atoms with Crippen molar-refractivity contribution in [3.05, 3.63) is 29.3 Å². The fraction of sp³-hybridized carbons (Fsp3) is 0.524. The first-order chi connectivity index (χ1) is 20.5. The van der Waals surface area contributed by atoms with Gasteiger partial charge in [-0.15, -0.1) is 0 Å². The second kappa shape index (κ2) is 11.1. The highest BCUT2D eigenvalue weighted by molar-refractivity contribution is 7.47. The van der Waals surface area contributed by atoms with Crippen LogP contribution in [0.15, 0.2) is 23.8 Å². The predicted octanol–water partition coefficient (Wildman–Crippen LogP) is -1.87. The lowest BCUT2D eigenvalue weighted by atomic mass is 10.1. The molecule has 0 aromatic carbocycles. The molecule has 232 valence electrons. The van der Waals surface area contributed by atoms with Crippen LogP contribution < -0.4 is 17.0 Å². The van der Waals surface area contributed by atoms with Gasteiger partial charge in [-0.05, 0) is 0 Å². The topological polar surface area (TPSA) is 283 Å². The highest BCUT2D eigenvalue weighted by Crippen LogP contribution is 2.49. The number of halogens is 1. The number of nitrogens with one attached hydrogen (secondary N) is 1. The molecular weight excluding hydrogens is 602 g/mol. The van der Waals surface area contributed by atoms with Gasteiger partial charge < -0.3 is 40.8 Å². The number of anilines is 2. The molecule has 43 heavy (non-hydrogen) atoms. The third kappa shape index (κ3) is 5.24. The maximum Gasteiger partial charge on any atom is 0.472 e. The van der Waals surface area contributed by atoms with Gasteiger partial charge in [0.15, 0.2) is 41.3 Å². The fourth-order valence-corrected chi connectivity index (χ4v) is 5.94. The summed E-state index contributed by atoms with van der Waals surface area (Å²) in [5.74, 6) is -0.160. The SMILES string of the molecule is COC[C@H]1O[C@@H](n2cnc3c(=O)[nH]c(N)nc32)C(O)[C@H]1OP(=O)(O)OC[C@H]1O[C@@H](n2cnc3c(N)ncnc32)C(F)C1O. The average Bonchev–Trinajstić information content (AvgIpc) is 3.71. The van der Waals surface area contributed by atoms with Gasteiger partial charge in [0.05, 0.1) is 25.9 Å². The van der Waals surface area contributed by atoms with Crippen molar-refractivity contribution in [1.82, 2.24) is 39.0 Å². The zero-order chi connectivity index (χ0) is 30.6. The molecule has 0 amide bonds. The summed E-state index contributed by atoms with van der Waals surface area (Å²) in [6.07, 6.45) is -8.60. The van der Waals surface area contributed by atoms with Crippen LogP contribution in [-0.4, -0.2) is 111 Å². The van der Waals surface area contributed by atoms with Gasteiger partial charge in [0.2, 0.25) is 5.95 Å². The Morgan fingerprint density at radius 2 is 1.72 bits per heavy atom. The minimum absolute atomic E-state index is 0.0203. The van der Waals surface area contributed by atoms with Crippen molar-refractivity contribution in [2.75, 3.05) is 31.8 Å². The summed E-state index contributed by atoms with van der Waals surface area (Å²) in [5, 5.41) is 21.5. The Hall–Kier alpha value is -3.66. The number of H-pyrrole nitrogens is 1. The Balaban J connectivity index is 1.16. The van der Waals surface area contributed by atoms with E-state index < -0.39 is 69.1 Å². The van der Waals surface area contributed by atoms with Crippen LogP contribution in [0.4, 0.5) is 16.2 Å². The van der Waals surface area contributed by atoms with Crippen LogP contribution in [0, 0.1) is 0 Å². The molecular formula is C21H26FN10O10P. The second-order valence-electron chi connectivity index (χ2n) is 9.70. The minimum Gasteiger partial charge on any atom is -0.387 e. The number of nitrogen functional groups attached to an aromatic ring is 2. The first-order valence-electron chi connectivity index (χ1n) is 12.6. The lowest BCUT2D eigenvalue weighted by Gasteiger charge is -2.24. The van der Waals surface area contributed by atoms with Crippen molar-refractivity contribution in [3.8, 4) is 0 Å². The number of rotatable bonds is 9. The van der Waals surface area contributed by atoms with Gasteiger partial charge >= 0.3 is 7.82 Å². The molecule has 9 atom stereocenters. The van der Waals surface area contributed by atoms with E-state index in [-0.39, 0.29) is 40.7 Å². The van der Waals surface area contributed by atoms with Gasteiger partial charge in [0.25, 0.3) is 5.56 Å². The summed E-state index contributed by atoms with van der Waals surface area (Å²) in [5.41, 5.74) is 11.0. The first kappa shape index (κ1) is 29.4. The van der Waals surface area contributed by atoms with E-state index in [1.807, 2.05) is 0 Å². The maximum atomic E-state index is 15.1. The number of aliphatic hydroxyl groups excluding tert-OH is 2. The number of imidazole rings is 2. The minimum atomic E-state index is -5.01. The predicted molar refractivity (Wildman–Crippen MR) is 140 cm³/mol. The Labute approximate surface area is 239 Å². The van der Waals surface area contributed by atoms with E-state index in [1.54, 1.807) is 0 Å². The number of alkyl halides is 1. The third-order valence-electron chi connectivity index (χ3n) is 6.98. The molecule has 4 unspecified atom stereocenters. The molecule has 0 aliphatic carbocycles. The number of aliphatic hydroxyl groups is 2. The van der Waals surface area contributed by atoms with E-state index in [2.05, 4.69) is 29.9 Å². The summed E-state index contributed by atoms with van der Waals surface area (Å²) in [6.45, 7) is -0.973.